The zero-order chi connectivity index (χ0) is 25.8. The third-order valence-electron chi connectivity index (χ3n) is 6.45. The highest BCUT2D eigenvalue weighted by Crippen LogP contribution is 2.36. The van der Waals surface area contributed by atoms with Gasteiger partial charge in [0.1, 0.15) is 17.1 Å². The molecule has 1 spiro atoms. The summed E-state index contributed by atoms with van der Waals surface area (Å²) < 4.78 is 17.1. The number of carbonyl (C=O) groups is 4. The van der Waals surface area contributed by atoms with Crippen LogP contribution in [0, 0.1) is 5.92 Å². The fraction of sp³-hybridized carbons (Fsp3) is 0.615. The molecule has 2 fully saturated rings. The Bertz CT molecular complexity index is 980. The second-order valence-corrected chi connectivity index (χ2v) is 9.87. The number of Topliss-reactive ketones (excluding diaryl/α,β-unsaturated/α-hetero) is 1. The van der Waals surface area contributed by atoms with Crippen molar-refractivity contribution in [1.29, 1.82) is 0 Å². The molecule has 2 amide bonds. The Morgan fingerprint density at radius 2 is 1.80 bits per heavy atom. The number of hydrogen-bond acceptors (Lipinski definition) is 8. The van der Waals surface area contributed by atoms with Gasteiger partial charge in [0.25, 0.3) is 0 Å². The second-order valence-electron chi connectivity index (χ2n) is 9.87. The fourth-order valence-corrected chi connectivity index (χ4v) is 4.66. The zero-order valence-electron chi connectivity index (χ0n) is 21.3. The van der Waals surface area contributed by atoms with Crippen LogP contribution in [-0.2, 0) is 20.7 Å². The summed E-state index contributed by atoms with van der Waals surface area (Å²) in [5, 5.41) is 0. The number of ketones is 1. The monoisotopic (exact) mass is 488 g/mol. The minimum absolute atomic E-state index is 0.167. The largest absolute Gasteiger partial charge is 0.493 e. The molecule has 2 aliphatic heterocycles. The fourth-order valence-electron chi connectivity index (χ4n) is 4.66. The molecule has 9 nitrogen and oxygen atoms in total. The number of ether oxygens (including phenoxy) is 3. The van der Waals surface area contributed by atoms with Crippen molar-refractivity contribution in [3.8, 4) is 11.5 Å². The summed E-state index contributed by atoms with van der Waals surface area (Å²) in [7, 11) is 0. The van der Waals surface area contributed by atoms with E-state index in [0.717, 1.165) is 31.6 Å². The summed E-state index contributed by atoms with van der Waals surface area (Å²) in [5.74, 6) is 0.273. The number of carbonyl (C=O) groups excluding carboxylic acids is 4. The topological polar surface area (TPSA) is 102 Å². The number of hydrogen-bond donors (Lipinski definition) is 0. The Morgan fingerprint density at radius 1 is 1.11 bits per heavy atom. The predicted octanol–water partition coefficient (Wildman–Crippen LogP) is 3.62. The normalized spacial score (nSPS) is 17.5. The zero-order valence-corrected chi connectivity index (χ0v) is 21.3. The molecule has 2 heterocycles. The average molecular weight is 489 g/mol. The molecule has 0 bridgehead atoms. The molecule has 3 rings (SSSR count). The highest BCUT2D eigenvalue weighted by atomic mass is 16.6. The lowest BCUT2D eigenvalue weighted by Crippen LogP contribution is -2.47. The molecule has 192 valence electrons. The molecule has 0 atom stereocenters. The summed E-state index contributed by atoms with van der Waals surface area (Å²) in [6.45, 7) is 11.5. The van der Waals surface area contributed by atoms with Crippen molar-refractivity contribution in [2.24, 2.45) is 5.92 Å². The minimum atomic E-state index is -0.562. The molecule has 0 unspecified atom stereocenters. The average Bonchev–Trinajstić information content (AvgIpc) is 3.09. The molecule has 35 heavy (non-hydrogen) atoms. The summed E-state index contributed by atoms with van der Waals surface area (Å²) in [6, 6.07) is 3.43. The lowest BCUT2D eigenvalue weighted by atomic mass is 9.91. The second kappa shape index (κ2) is 11.2. The maximum Gasteiger partial charge on any atom is 0.417 e. The van der Waals surface area contributed by atoms with E-state index in [4.69, 9.17) is 14.2 Å². The van der Waals surface area contributed by atoms with Crippen LogP contribution in [0.4, 0.5) is 4.79 Å². The number of piperidine rings is 1. The van der Waals surface area contributed by atoms with E-state index < -0.39 is 17.7 Å². The minimum Gasteiger partial charge on any atom is -0.493 e. The number of likely N-dealkylation sites (tertiary alicyclic amines) is 1. The third kappa shape index (κ3) is 6.60. The number of nitrogens with zero attached hydrogens (tertiary/aromatic N) is 2. The number of benzene rings is 1. The first-order chi connectivity index (χ1) is 16.5. The van der Waals surface area contributed by atoms with Crippen LogP contribution in [0.3, 0.4) is 0 Å². The number of esters is 1. The summed E-state index contributed by atoms with van der Waals surface area (Å²) >= 11 is 0. The molecule has 9 heteroatoms. The third-order valence-corrected chi connectivity index (χ3v) is 6.45. The molecule has 1 aromatic carbocycles. The Kier molecular flexibility index (Phi) is 8.53. The van der Waals surface area contributed by atoms with E-state index >= 15 is 0 Å². The van der Waals surface area contributed by atoms with Crippen LogP contribution in [0.2, 0.25) is 0 Å². The highest BCUT2D eigenvalue weighted by Gasteiger charge is 2.48. The van der Waals surface area contributed by atoms with Crippen molar-refractivity contribution in [3.63, 3.8) is 0 Å². The lowest BCUT2D eigenvalue weighted by Gasteiger charge is -2.37. The van der Waals surface area contributed by atoms with Gasteiger partial charge < -0.3 is 19.1 Å². The quantitative estimate of drug-likeness (QED) is 0.225. The predicted molar refractivity (Wildman–Crippen MR) is 129 cm³/mol. The molecule has 0 saturated carbocycles. The van der Waals surface area contributed by atoms with Crippen LogP contribution in [0.15, 0.2) is 12.1 Å². The van der Waals surface area contributed by atoms with Gasteiger partial charge in [-0.15, -0.1) is 0 Å². The number of imide groups is 1. The van der Waals surface area contributed by atoms with Gasteiger partial charge in [0.15, 0.2) is 5.78 Å². The molecule has 0 aliphatic carbocycles. The van der Waals surface area contributed by atoms with Gasteiger partial charge in [-0.05, 0) is 37.8 Å². The first-order valence-electron chi connectivity index (χ1n) is 12.2. The first kappa shape index (κ1) is 26.7. The van der Waals surface area contributed by atoms with Gasteiger partial charge in [-0.2, -0.15) is 0 Å². The number of rotatable bonds is 9. The molecule has 1 aromatic rings. The van der Waals surface area contributed by atoms with Crippen LogP contribution in [-0.4, -0.2) is 71.9 Å². The van der Waals surface area contributed by atoms with Gasteiger partial charge in [0.05, 0.1) is 18.7 Å². The smallest absolute Gasteiger partial charge is 0.417 e. The van der Waals surface area contributed by atoms with Gasteiger partial charge in [0, 0.05) is 51.9 Å². The molecule has 2 saturated heterocycles. The van der Waals surface area contributed by atoms with Crippen LogP contribution in [0.5, 0.6) is 11.5 Å². The van der Waals surface area contributed by atoms with E-state index in [1.165, 1.54) is 25.7 Å². The summed E-state index contributed by atoms with van der Waals surface area (Å²) in [6.07, 6.45) is 2.24. The van der Waals surface area contributed by atoms with Gasteiger partial charge in [-0.1, -0.05) is 13.8 Å². The Labute approximate surface area is 206 Å². The van der Waals surface area contributed by atoms with Crippen molar-refractivity contribution < 1.29 is 33.4 Å². The van der Waals surface area contributed by atoms with E-state index in [-0.39, 0.29) is 17.6 Å². The summed E-state index contributed by atoms with van der Waals surface area (Å²) in [5.41, 5.74) is 0.551. The molecule has 0 N–H and O–H groups in total. The van der Waals surface area contributed by atoms with Gasteiger partial charge in [-0.3, -0.25) is 14.4 Å². The van der Waals surface area contributed by atoms with Gasteiger partial charge in [-0.25, -0.2) is 9.69 Å². The highest BCUT2D eigenvalue weighted by molar-refractivity contribution is 5.98. The van der Waals surface area contributed by atoms with E-state index in [0.29, 0.717) is 49.5 Å². The molecule has 2 aliphatic rings. The Balaban J connectivity index is 1.57. The Hall–Kier alpha value is -2.94. The van der Waals surface area contributed by atoms with E-state index in [2.05, 4.69) is 18.7 Å². The van der Waals surface area contributed by atoms with Crippen LogP contribution < -0.4 is 9.47 Å². The maximum absolute atomic E-state index is 12.1. The summed E-state index contributed by atoms with van der Waals surface area (Å²) in [4.78, 5) is 50.9. The van der Waals surface area contributed by atoms with Crippen LogP contribution in [0.1, 0.15) is 69.8 Å². The van der Waals surface area contributed by atoms with E-state index in [1.807, 2.05) is 0 Å². The first-order valence-corrected chi connectivity index (χ1v) is 12.2. The van der Waals surface area contributed by atoms with Crippen LogP contribution in [0.25, 0.3) is 0 Å². The van der Waals surface area contributed by atoms with Crippen molar-refractivity contribution in [1.82, 2.24) is 9.80 Å². The molecule has 0 radical (unpaired) electrons. The van der Waals surface area contributed by atoms with Crippen molar-refractivity contribution in [2.45, 2.75) is 65.9 Å². The van der Waals surface area contributed by atoms with Crippen molar-refractivity contribution in [2.75, 3.05) is 32.8 Å². The van der Waals surface area contributed by atoms with Gasteiger partial charge in [0.2, 0.25) is 5.91 Å². The Morgan fingerprint density at radius 3 is 2.34 bits per heavy atom. The van der Waals surface area contributed by atoms with E-state index in [9.17, 15) is 19.2 Å². The van der Waals surface area contributed by atoms with Crippen LogP contribution >= 0.6 is 0 Å². The standard InChI is InChI=1S/C26H36N2O7/c1-17(2)15-22-23(8-7-21(18(3)29)24(22)34-20(5)31)33-14-6-11-27-12-9-26(10-13-27)16-28(19(4)30)25(32)35-26/h7-8,17H,6,9-16H2,1-5H3. The number of amides is 2. The molecular formula is C26H36N2O7. The van der Waals surface area contributed by atoms with Crippen molar-refractivity contribution in [3.05, 3.63) is 23.3 Å². The molecular weight excluding hydrogens is 452 g/mol. The van der Waals surface area contributed by atoms with Gasteiger partial charge >= 0.3 is 12.1 Å². The van der Waals surface area contributed by atoms with Crippen molar-refractivity contribution >= 4 is 23.8 Å². The molecule has 0 aromatic heterocycles. The SMILES string of the molecule is CC(=O)Oc1c(C(C)=O)ccc(OCCCN2CCC3(CC2)CN(C(C)=O)C(=O)O3)c1CC(C)C. The maximum atomic E-state index is 12.1. The van der Waals surface area contributed by atoms with E-state index in [1.54, 1.807) is 12.1 Å². The lowest BCUT2D eigenvalue weighted by molar-refractivity contribution is -0.132.